The maximum Gasteiger partial charge on any atom is 0.255 e. The van der Waals surface area contributed by atoms with Gasteiger partial charge in [-0.1, -0.05) is 35.9 Å². The first kappa shape index (κ1) is 23.8. The van der Waals surface area contributed by atoms with Crippen LogP contribution in [-0.2, 0) is 11.3 Å². The molecule has 0 saturated carbocycles. The van der Waals surface area contributed by atoms with Gasteiger partial charge in [-0.3, -0.25) is 9.59 Å². The molecule has 180 valence electrons. The largest absolute Gasteiger partial charge is 0.372 e. The summed E-state index contributed by atoms with van der Waals surface area (Å²) < 4.78 is 0. The van der Waals surface area contributed by atoms with Gasteiger partial charge in [-0.2, -0.15) is 0 Å². The van der Waals surface area contributed by atoms with Gasteiger partial charge >= 0.3 is 0 Å². The van der Waals surface area contributed by atoms with E-state index in [0.717, 1.165) is 29.9 Å². The van der Waals surface area contributed by atoms with E-state index < -0.39 is 0 Å². The first-order valence-electron chi connectivity index (χ1n) is 12.0. The second-order valence-corrected chi connectivity index (χ2v) is 10.5. The summed E-state index contributed by atoms with van der Waals surface area (Å²) in [6.45, 7) is 2.73. The minimum atomic E-state index is -0.143. The summed E-state index contributed by atoms with van der Waals surface area (Å²) in [6, 6.07) is 23.2. The van der Waals surface area contributed by atoms with Crippen molar-refractivity contribution < 1.29 is 9.59 Å². The summed E-state index contributed by atoms with van der Waals surface area (Å²) in [6.07, 6.45) is 3.78. The molecule has 3 aromatic carbocycles. The summed E-state index contributed by atoms with van der Waals surface area (Å²) in [5, 5.41) is 3.60. The van der Waals surface area contributed by atoms with Gasteiger partial charge in [0.1, 0.15) is 5.37 Å². The third-order valence-electron chi connectivity index (χ3n) is 6.54. The number of carbonyl (C=O) groups excluding carboxylic acids is 2. The van der Waals surface area contributed by atoms with Crippen LogP contribution in [0.3, 0.4) is 0 Å². The first-order chi connectivity index (χ1) is 17.1. The Labute approximate surface area is 215 Å². The fourth-order valence-corrected chi connectivity index (χ4v) is 5.91. The van der Waals surface area contributed by atoms with Crippen LogP contribution in [0.2, 0.25) is 5.02 Å². The second kappa shape index (κ2) is 10.8. The number of halogens is 1. The standard InChI is InChI=1S/C28H28ClN3O2S/c29-23-10-4-20(5-11-23)18-32-26(33)19-35-28(32)22-8-6-21(7-9-22)27(34)30-24-12-14-25(15-13-24)31-16-2-1-3-17-31/h4-15,28H,1-3,16-19H2,(H,30,34)/t28-/m0/s1. The molecule has 3 aromatic rings. The number of carbonyl (C=O) groups is 2. The lowest BCUT2D eigenvalue weighted by atomic mass is 10.1. The Bertz CT molecular complexity index is 1180. The normalized spacial score (nSPS) is 18.1. The fourth-order valence-electron chi connectivity index (χ4n) is 4.60. The SMILES string of the molecule is O=C(Nc1ccc(N2CCCCC2)cc1)c1ccc([C@@H]2SCC(=O)N2Cc2ccc(Cl)cc2)cc1. The zero-order chi connectivity index (χ0) is 24.2. The highest BCUT2D eigenvalue weighted by Crippen LogP contribution is 2.39. The van der Waals surface area contributed by atoms with Crippen LogP contribution in [-0.4, -0.2) is 35.6 Å². The number of benzene rings is 3. The molecule has 2 aliphatic rings. The Morgan fingerprint density at radius 3 is 2.29 bits per heavy atom. The van der Waals surface area contributed by atoms with Crippen molar-refractivity contribution in [3.05, 3.63) is 94.5 Å². The molecule has 0 aromatic heterocycles. The van der Waals surface area contributed by atoms with E-state index in [1.165, 1.54) is 24.9 Å². The zero-order valence-electron chi connectivity index (χ0n) is 19.5. The number of thioether (sulfide) groups is 1. The molecule has 2 fully saturated rings. The molecular weight excluding hydrogens is 478 g/mol. The average Bonchev–Trinajstić information content (AvgIpc) is 3.26. The summed E-state index contributed by atoms with van der Waals surface area (Å²) in [4.78, 5) is 29.6. The average molecular weight is 506 g/mol. The Hall–Kier alpha value is -2.96. The van der Waals surface area contributed by atoms with Gasteiger partial charge < -0.3 is 15.1 Å². The number of rotatable bonds is 6. The lowest BCUT2D eigenvalue weighted by molar-refractivity contribution is -0.128. The summed E-state index contributed by atoms with van der Waals surface area (Å²) >= 11 is 7.60. The number of anilines is 2. The van der Waals surface area contributed by atoms with Crippen molar-refractivity contribution in [2.75, 3.05) is 29.1 Å². The summed E-state index contributed by atoms with van der Waals surface area (Å²) in [5.74, 6) is 0.425. The van der Waals surface area contributed by atoms with Crippen molar-refractivity contribution in [2.24, 2.45) is 0 Å². The van der Waals surface area contributed by atoms with Crippen LogP contribution in [0.4, 0.5) is 11.4 Å². The van der Waals surface area contributed by atoms with Gasteiger partial charge in [-0.25, -0.2) is 0 Å². The Morgan fingerprint density at radius 2 is 1.60 bits per heavy atom. The molecule has 2 aliphatic heterocycles. The van der Waals surface area contributed by atoms with E-state index in [0.29, 0.717) is 22.9 Å². The quantitative estimate of drug-likeness (QED) is 0.423. The predicted molar refractivity (Wildman–Crippen MR) is 144 cm³/mol. The van der Waals surface area contributed by atoms with E-state index in [-0.39, 0.29) is 17.2 Å². The Morgan fingerprint density at radius 1 is 0.914 bits per heavy atom. The molecule has 0 bridgehead atoms. The van der Waals surface area contributed by atoms with Gasteiger partial charge in [0, 0.05) is 41.6 Å². The van der Waals surface area contributed by atoms with Gasteiger partial charge in [0.05, 0.1) is 5.75 Å². The van der Waals surface area contributed by atoms with Crippen LogP contribution in [0.15, 0.2) is 72.8 Å². The van der Waals surface area contributed by atoms with Gasteiger partial charge in [-0.05, 0) is 78.9 Å². The number of hydrogen-bond acceptors (Lipinski definition) is 4. The van der Waals surface area contributed by atoms with Gasteiger partial charge in [0.15, 0.2) is 0 Å². The van der Waals surface area contributed by atoms with E-state index in [4.69, 9.17) is 11.6 Å². The molecule has 5 nitrogen and oxygen atoms in total. The van der Waals surface area contributed by atoms with Crippen LogP contribution >= 0.6 is 23.4 Å². The zero-order valence-corrected chi connectivity index (χ0v) is 21.0. The number of piperidine rings is 1. The molecule has 2 saturated heterocycles. The molecule has 2 heterocycles. The van der Waals surface area contributed by atoms with Crippen LogP contribution in [0, 0.1) is 0 Å². The van der Waals surface area contributed by atoms with Crippen LogP contribution in [0.25, 0.3) is 0 Å². The van der Waals surface area contributed by atoms with E-state index in [2.05, 4.69) is 22.3 Å². The molecule has 35 heavy (non-hydrogen) atoms. The topological polar surface area (TPSA) is 52.7 Å². The molecule has 0 unspecified atom stereocenters. The van der Waals surface area contributed by atoms with Gasteiger partial charge in [-0.15, -0.1) is 11.8 Å². The van der Waals surface area contributed by atoms with E-state index >= 15 is 0 Å². The maximum atomic E-state index is 12.8. The molecule has 0 spiro atoms. The lowest BCUT2D eigenvalue weighted by Gasteiger charge is -2.28. The highest BCUT2D eigenvalue weighted by atomic mass is 35.5. The molecular formula is C28H28ClN3O2S. The fraction of sp³-hybridized carbons (Fsp3) is 0.286. The molecule has 1 N–H and O–H groups in total. The van der Waals surface area contributed by atoms with Crippen molar-refractivity contribution in [1.82, 2.24) is 4.90 Å². The van der Waals surface area contributed by atoms with Gasteiger partial charge in [0.2, 0.25) is 5.91 Å². The third-order valence-corrected chi connectivity index (χ3v) is 8.05. The van der Waals surface area contributed by atoms with E-state index in [1.54, 1.807) is 11.8 Å². The van der Waals surface area contributed by atoms with E-state index in [1.807, 2.05) is 65.6 Å². The van der Waals surface area contributed by atoms with Crippen LogP contribution in [0.5, 0.6) is 0 Å². The highest BCUT2D eigenvalue weighted by molar-refractivity contribution is 8.00. The monoisotopic (exact) mass is 505 g/mol. The molecule has 1 atom stereocenters. The lowest BCUT2D eigenvalue weighted by Crippen LogP contribution is -2.29. The van der Waals surface area contributed by atoms with Crippen molar-refractivity contribution in [3.63, 3.8) is 0 Å². The number of hydrogen-bond donors (Lipinski definition) is 1. The number of amides is 2. The summed E-state index contributed by atoms with van der Waals surface area (Å²) in [7, 11) is 0. The smallest absolute Gasteiger partial charge is 0.255 e. The highest BCUT2D eigenvalue weighted by Gasteiger charge is 2.32. The molecule has 5 rings (SSSR count). The molecule has 0 aliphatic carbocycles. The van der Waals surface area contributed by atoms with Gasteiger partial charge in [0.25, 0.3) is 5.91 Å². The van der Waals surface area contributed by atoms with Crippen LogP contribution < -0.4 is 10.2 Å². The number of nitrogens with zero attached hydrogens (tertiary/aromatic N) is 2. The van der Waals surface area contributed by atoms with Crippen LogP contribution in [0.1, 0.15) is 46.1 Å². The van der Waals surface area contributed by atoms with Crippen molar-refractivity contribution in [3.8, 4) is 0 Å². The second-order valence-electron chi connectivity index (χ2n) is 8.98. The van der Waals surface area contributed by atoms with Crippen molar-refractivity contribution in [2.45, 2.75) is 31.2 Å². The Kier molecular flexibility index (Phi) is 7.30. The summed E-state index contributed by atoms with van der Waals surface area (Å²) in [5.41, 5.74) is 4.63. The minimum Gasteiger partial charge on any atom is -0.372 e. The molecule has 7 heteroatoms. The number of nitrogens with one attached hydrogen (secondary N) is 1. The maximum absolute atomic E-state index is 12.8. The third kappa shape index (κ3) is 5.65. The van der Waals surface area contributed by atoms with Crippen molar-refractivity contribution >= 4 is 46.6 Å². The molecule has 0 radical (unpaired) electrons. The first-order valence-corrected chi connectivity index (χ1v) is 13.4. The van der Waals surface area contributed by atoms with E-state index in [9.17, 15) is 9.59 Å². The predicted octanol–water partition coefficient (Wildman–Crippen LogP) is 6.36. The Balaban J connectivity index is 1.22. The molecule has 2 amide bonds. The van der Waals surface area contributed by atoms with Crippen molar-refractivity contribution in [1.29, 1.82) is 0 Å². The minimum absolute atomic E-state index is 0.0716.